The van der Waals surface area contributed by atoms with Crippen LogP contribution in [0.4, 0.5) is 5.69 Å². The van der Waals surface area contributed by atoms with Crippen molar-refractivity contribution in [2.45, 2.75) is 6.54 Å². The molecule has 2 aromatic carbocycles. The Hall–Kier alpha value is -2.20. The second kappa shape index (κ2) is 4.76. The minimum Gasteiger partial charge on any atom is -0.326 e. The molecule has 0 saturated heterocycles. The van der Waals surface area contributed by atoms with Gasteiger partial charge in [0.15, 0.2) is 0 Å². The van der Waals surface area contributed by atoms with E-state index in [9.17, 15) is 10.1 Å². The first kappa shape index (κ1) is 11.3. The first-order chi connectivity index (χ1) is 8.20. The van der Waals surface area contributed by atoms with Gasteiger partial charge in [-0.25, -0.2) is 0 Å². The molecular weight excluding hydrogens is 216 g/mol. The fourth-order valence-electron chi connectivity index (χ4n) is 1.68. The van der Waals surface area contributed by atoms with Crippen molar-refractivity contribution >= 4 is 5.69 Å². The Labute approximate surface area is 98.8 Å². The van der Waals surface area contributed by atoms with Crippen LogP contribution in [0.25, 0.3) is 11.1 Å². The molecule has 0 radical (unpaired) electrons. The Kier molecular flexibility index (Phi) is 3.16. The summed E-state index contributed by atoms with van der Waals surface area (Å²) in [6, 6.07) is 14.3. The predicted molar refractivity (Wildman–Crippen MR) is 66.4 cm³/mol. The smallest absolute Gasteiger partial charge is 0.270 e. The van der Waals surface area contributed by atoms with E-state index in [2.05, 4.69) is 0 Å². The quantitative estimate of drug-likeness (QED) is 0.648. The standard InChI is InChI=1S/C13H12N2O2/c14-9-10-3-1-4-11(7-10)12-5-2-6-13(8-12)15(16)17/h1-8H,9,14H2. The molecule has 0 amide bonds. The summed E-state index contributed by atoms with van der Waals surface area (Å²) in [5.41, 5.74) is 8.44. The Balaban J connectivity index is 2.45. The van der Waals surface area contributed by atoms with Crippen LogP contribution in [0.1, 0.15) is 5.56 Å². The van der Waals surface area contributed by atoms with Gasteiger partial charge in [0.1, 0.15) is 0 Å². The van der Waals surface area contributed by atoms with E-state index in [1.165, 1.54) is 6.07 Å². The summed E-state index contributed by atoms with van der Waals surface area (Å²) in [7, 11) is 0. The minimum atomic E-state index is -0.393. The molecule has 0 fully saturated rings. The molecule has 0 aliphatic heterocycles. The summed E-state index contributed by atoms with van der Waals surface area (Å²) in [5, 5.41) is 10.7. The molecule has 0 saturated carbocycles. The molecule has 0 aliphatic rings. The highest BCUT2D eigenvalue weighted by Gasteiger charge is 2.06. The lowest BCUT2D eigenvalue weighted by molar-refractivity contribution is -0.384. The lowest BCUT2D eigenvalue weighted by Crippen LogP contribution is -1.95. The molecule has 0 spiro atoms. The van der Waals surface area contributed by atoms with Crippen molar-refractivity contribution < 1.29 is 4.92 Å². The second-order valence-electron chi connectivity index (χ2n) is 3.71. The molecular formula is C13H12N2O2. The maximum Gasteiger partial charge on any atom is 0.270 e. The van der Waals surface area contributed by atoms with Crippen molar-refractivity contribution in [1.29, 1.82) is 0 Å². The fourth-order valence-corrected chi connectivity index (χ4v) is 1.68. The first-order valence-electron chi connectivity index (χ1n) is 5.24. The topological polar surface area (TPSA) is 69.2 Å². The number of nitrogens with two attached hydrogens (primary N) is 1. The normalized spacial score (nSPS) is 10.2. The van der Waals surface area contributed by atoms with Gasteiger partial charge in [0.2, 0.25) is 0 Å². The number of rotatable bonds is 3. The Bertz CT molecular complexity index is 553. The molecule has 2 rings (SSSR count). The largest absolute Gasteiger partial charge is 0.326 e. The highest BCUT2D eigenvalue weighted by molar-refractivity contribution is 5.66. The van der Waals surface area contributed by atoms with Crippen molar-refractivity contribution in [2.24, 2.45) is 5.73 Å². The molecule has 0 aliphatic carbocycles. The summed E-state index contributed by atoms with van der Waals surface area (Å²) < 4.78 is 0. The maximum atomic E-state index is 10.7. The van der Waals surface area contributed by atoms with E-state index in [0.717, 1.165) is 16.7 Å². The SMILES string of the molecule is NCc1cccc(-c2cccc([N+](=O)[O-])c2)c1. The molecule has 17 heavy (non-hydrogen) atoms. The van der Waals surface area contributed by atoms with Gasteiger partial charge in [-0.1, -0.05) is 30.3 Å². The molecule has 2 N–H and O–H groups in total. The predicted octanol–water partition coefficient (Wildman–Crippen LogP) is 2.72. The average molecular weight is 228 g/mol. The molecule has 0 bridgehead atoms. The van der Waals surface area contributed by atoms with Crippen LogP contribution in [0.5, 0.6) is 0 Å². The van der Waals surface area contributed by atoms with E-state index in [4.69, 9.17) is 5.73 Å². The third-order valence-corrected chi connectivity index (χ3v) is 2.55. The lowest BCUT2D eigenvalue weighted by Gasteiger charge is -2.03. The van der Waals surface area contributed by atoms with Crippen LogP contribution >= 0.6 is 0 Å². The molecule has 0 unspecified atom stereocenters. The van der Waals surface area contributed by atoms with Crippen molar-refractivity contribution in [1.82, 2.24) is 0 Å². The number of hydrogen-bond donors (Lipinski definition) is 1. The summed E-state index contributed by atoms with van der Waals surface area (Å²) in [6.07, 6.45) is 0. The van der Waals surface area contributed by atoms with Crippen molar-refractivity contribution in [3.63, 3.8) is 0 Å². The maximum absolute atomic E-state index is 10.7. The minimum absolute atomic E-state index is 0.0978. The van der Waals surface area contributed by atoms with E-state index in [-0.39, 0.29) is 5.69 Å². The molecule has 0 atom stereocenters. The van der Waals surface area contributed by atoms with Gasteiger partial charge < -0.3 is 5.73 Å². The van der Waals surface area contributed by atoms with Crippen LogP contribution < -0.4 is 5.73 Å². The zero-order valence-corrected chi connectivity index (χ0v) is 9.17. The lowest BCUT2D eigenvalue weighted by atomic mass is 10.0. The fraction of sp³-hybridized carbons (Fsp3) is 0.0769. The Morgan fingerprint density at radius 3 is 2.35 bits per heavy atom. The summed E-state index contributed by atoms with van der Waals surface area (Å²) in [5.74, 6) is 0. The highest BCUT2D eigenvalue weighted by Crippen LogP contribution is 2.24. The summed E-state index contributed by atoms with van der Waals surface area (Å²) >= 11 is 0. The number of non-ortho nitro benzene ring substituents is 1. The van der Waals surface area contributed by atoms with Gasteiger partial charge in [-0.2, -0.15) is 0 Å². The molecule has 0 aromatic heterocycles. The van der Waals surface area contributed by atoms with Crippen LogP contribution in [0, 0.1) is 10.1 Å². The van der Waals surface area contributed by atoms with Crippen molar-refractivity contribution in [3.8, 4) is 11.1 Å². The van der Waals surface area contributed by atoms with Gasteiger partial charge in [-0.05, 0) is 22.8 Å². The molecule has 4 heteroatoms. The summed E-state index contributed by atoms with van der Waals surface area (Å²) in [4.78, 5) is 10.3. The van der Waals surface area contributed by atoms with Crippen LogP contribution in [-0.4, -0.2) is 4.92 Å². The van der Waals surface area contributed by atoms with Crippen LogP contribution in [0.2, 0.25) is 0 Å². The first-order valence-corrected chi connectivity index (χ1v) is 5.24. The summed E-state index contributed by atoms with van der Waals surface area (Å²) in [6.45, 7) is 0.461. The van der Waals surface area contributed by atoms with Gasteiger partial charge >= 0.3 is 0 Å². The molecule has 0 heterocycles. The van der Waals surface area contributed by atoms with Crippen LogP contribution in [0.3, 0.4) is 0 Å². The van der Waals surface area contributed by atoms with Crippen LogP contribution in [-0.2, 0) is 6.54 Å². The van der Waals surface area contributed by atoms with Gasteiger partial charge in [-0.15, -0.1) is 0 Å². The zero-order valence-electron chi connectivity index (χ0n) is 9.17. The van der Waals surface area contributed by atoms with Crippen LogP contribution in [0.15, 0.2) is 48.5 Å². The van der Waals surface area contributed by atoms with E-state index in [1.807, 2.05) is 30.3 Å². The number of nitro groups is 1. The van der Waals surface area contributed by atoms with Gasteiger partial charge in [0, 0.05) is 18.7 Å². The zero-order chi connectivity index (χ0) is 12.3. The monoisotopic (exact) mass is 228 g/mol. The third-order valence-electron chi connectivity index (χ3n) is 2.55. The highest BCUT2D eigenvalue weighted by atomic mass is 16.6. The van der Waals surface area contributed by atoms with Crippen molar-refractivity contribution in [2.75, 3.05) is 0 Å². The van der Waals surface area contributed by atoms with Gasteiger partial charge in [-0.3, -0.25) is 10.1 Å². The molecule has 2 aromatic rings. The second-order valence-corrected chi connectivity index (χ2v) is 3.71. The van der Waals surface area contributed by atoms with Crippen molar-refractivity contribution in [3.05, 3.63) is 64.2 Å². The number of nitrogens with zero attached hydrogens (tertiary/aromatic N) is 1. The number of benzene rings is 2. The van der Waals surface area contributed by atoms with E-state index in [1.54, 1.807) is 12.1 Å². The average Bonchev–Trinajstić information content (AvgIpc) is 2.39. The Morgan fingerprint density at radius 2 is 1.71 bits per heavy atom. The number of nitro benzene ring substituents is 1. The molecule has 4 nitrogen and oxygen atoms in total. The third kappa shape index (κ3) is 2.49. The molecule has 86 valence electrons. The van der Waals surface area contributed by atoms with Gasteiger partial charge in [0.25, 0.3) is 5.69 Å². The van der Waals surface area contributed by atoms with Gasteiger partial charge in [0.05, 0.1) is 4.92 Å². The van der Waals surface area contributed by atoms with E-state index < -0.39 is 4.92 Å². The van der Waals surface area contributed by atoms with E-state index >= 15 is 0 Å². The van der Waals surface area contributed by atoms with E-state index in [0.29, 0.717) is 6.54 Å². The number of hydrogen-bond acceptors (Lipinski definition) is 3. The Morgan fingerprint density at radius 1 is 1.06 bits per heavy atom.